The van der Waals surface area contributed by atoms with Crippen molar-refractivity contribution in [3.8, 4) is 0 Å². The number of aryl methyl sites for hydroxylation is 2. The molecular formula is C15H23N3OS. The number of fused-ring (bicyclic) bond motifs is 1. The molecule has 5 heteroatoms. The molecule has 0 saturated heterocycles. The average molecular weight is 293 g/mol. The molecule has 110 valence electrons. The van der Waals surface area contributed by atoms with Gasteiger partial charge in [-0.1, -0.05) is 12.8 Å². The number of nitrogens with zero attached hydrogens (tertiary/aromatic N) is 1. The Hall–Kier alpha value is -0.940. The summed E-state index contributed by atoms with van der Waals surface area (Å²) in [7, 11) is 0. The Morgan fingerprint density at radius 3 is 2.75 bits per heavy atom. The van der Waals surface area contributed by atoms with Gasteiger partial charge in [-0.15, -0.1) is 11.3 Å². The number of hydrogen-bond donors (Lipinski definition) is 2. The van der Waals surface area contributed by atoms with Gasteiger partial charge in [0.15, 0.2) is 5.13 Å². The van der Waals surface area contributed by atoms with Crippen molar-refractivity contribution in [1.82, 2.24) is 4.98 Å². The predicted molar refractivity (Wildman–Crippen MR) is 81.9 cm³/mol. The third-order valence-electron chi connectivity index (χ3n) is 4.42. The van der Waals surface area contributed by atoms with Crippen LogP contribution < -0.4 is 11.1 Å². The summed E-state index contributed by atoms with van der Waals surface area (Å²) in [4.78, 5) is 18.2. The van der Waals surface area contributed by atoms with E-state index in [-0.39, 0.29) is 17.9 Å². The second kappa shape index (κ2) is 6.22. The number of nitrogens with one attached hydrogen (secondary N) is 1. The molecule has 1 amide bonds. The number of thiazole rings is 1. The van der Waals surface area contributed by atoms with Gasteiger partial charge in [0, 0.05) is 16.8 Å². The van der Waals surface area contributed by atoms with E-state index < -0.39 is 0 Å². The first-order chi connectivity index (χ1) is 9.72. The van der Waals surface area contributed by atoms with E-state index in [1.165, 1.54) is 36.3 Å². The highest BCUT2D eigenvalue weighted by molar-refractivity contribution is 7.15. The first kappa shape index (κ1) is 14.0. The summed E-state index contributed by atoms with van der Waals surface area (Å²) in [5.41, 5.74) is 7.09. The van der Waals surface area contributed by atoms with E-state index in [1.54, 1.807) is 11.3 Å². The molecule has 1 fully saturated rings. The number of nitrogens with two attached hydrogens (primary N) is 1. The van der Waals surface area contributed by atoms with Gasteiger partial charge in [-0.25, -0.2) is 4.98 Å². The maximum Gasteiger partial charge on any atom is 0.229 e. The summed E-state index contributed by atoms with van der Waals surface area (Å²) in [6.45, 7) is 0. The zero-order chi connectivity index (χ0) is 13.9. The lowest BCUT2D eigenvalue weighted by Gasteiger charge is -2.08. The lowest BCUT2D eigenvalue weighted by molar-refractivity contribution is -0.119. The van der Waals surface area contributed by atoms with Crippen LogP contribution in [0.3, 0.4) is 0 Å². The summed E-state index contributed by atoms with van der Waals surface area (Å²) >= 11 is 1.67. The van der Waals surface area contributed by atoms with Crippen LogP contribution in [0.5, 0.6) is 0 Å². The standard InChI is InChI=1S/C15H23N3OS/c16-11-8-7-10(9-11)14(19)18-15-17-12-5-3-1-2-4-6-13(12)20-15/h10-11H,1-9,16H2,(H,17,18,19). The van der Waals surface area contributed by atoms with Gasteiger partial charge in [-0.3, -0.25) is 4.79 Å². The van der Waals surface area contributed by atoms with Crippen molar-refractivity contribution in [2.24, 2.45) is 11.7 Å². The molecule has 1 saturated carbocycles. The molecule has 0 radical (unpaired) electrons. The number of anilines is 1. The highest BCUT2D eigenvalue weighted by Gasteiger charge is 2.28. The van der Waals surface area contributed by atoms with Crippen molar-refractivity contribution in [1.29, 1.82) is 0 Å². The normalized spacial score (nSPS) is 26.6. The maximum atomic E-state index is 12.2. The molecule has 2 unspecified atom stereocenters. The fourth-order valence-corrected chi connectivity index (χ4v) is 4.27. The van der Waals surface area contributed by atoms with Crippen molar-refractivity contribution in [2.45, 2.75) is 63.8 Å². The number of amides is 1. The molecule has 2 aliphatic carbocycles. The molecule has 0 aliphatic heterocycles. The number of rotatable bonds is 2. The molecule has 4 nitrogen and oxygen atoms in total. The van der Waals surface area contributed by atoms with Crippen LogP contribution in [0.15, 0.2) is 0 Å². The topological polar surface area (TPSA) is 68.0 Å². The van der Waals surface area contributed by atoms with Gasteiger partial charge in [-0.05, 0) is 44.9 Å². The quantitative estimate of drug-likeness (QED) is 0.881. The van der Waals surface area contributed by atoms with Gasteiger partial charge in [0.1, 0.15) is 0 Å². The van der Waals surface area contributed by atoms with Crippen LogP contribution in [0, 0.1) is 5.92 Å². The van der Waals surface area contributed by atoms with Crippen LogP contribution in [-0.2, 0) is 17.6 Å². The summed E-state index contributed by atoms with van der Waals surface area (Å²) in [5.74, 6) is 0.191. The van der Waals surface area contributed by atoms with Crippen LogP contribution in [0.2, 0.25) is 0 Å². The fraction of sp³-hybridized carbons (Fsp3) is 0.733. The molecule has 0 spiro atoms. The zero-order valence-electron chi connectivity index (χ0n) is 11.9. The number of carbonyl (C=O) groups is 1. The maximum absolute atomic E-state index is 12.2. The predicted octanol–water partition coefficient (Wildman–Crippen LogP) is 2.87. The minimum Gasteiger partial charge on any atom is -0.328 e. The summed E-state index contributed by atoms with van der Waals surface area (Å²) in [6, 6.07) is 0.197. The molecule has 1 aromatic heterocycles. The molecule has 1 heterocycles. The van der Waals surface area contributed by atoms with E-state index in [0.29, 0.717) is 0 Å². The Morgan fingerprint density at radius 2 is 2.00 bits per heavy atom. The minimum absolute atomic E-state index is 0.0801. The molecule has 3 rings (SSSR count). The molecule has 20 heavy (non-hydrogen) atoms. The fourth-order valence-electron chi connectivity index (χ4n) is 3.22. The highest BCUT2D eigenvalue weighted by Crippen LogP contribution is 2.30. The Balaban J connectivity index is 1.65. The number of hydrogen-bond acceptors (Lipinski definition) is 4. The van der Waals surface area contributed by atoms with E-state index in [1.807, 2.05) is 0 Å². The van der Waals surface area contributed by atoms with Crippen LogP contribution >= 0.6 is 11.3 Å². The van der Waals surface area contributed by atoms with E-state index in [9.17, 15) is 4.79 Å². The van der Waals surface area contributed by atoms with E-state index in [0.717, 1.165) is 37.2 Å². The first-order valence-corrected chi connectivity index (χ1v) is 8.59. The average Bonchev–Trinajstić information content (AvgIpc) is 2.97. The lowest BCUT2D eigenvalue weighted by atomic mass is 10.0. The Morgan fingerprint density at radius 1 is 1.20 bits per heavy atom. The molecular weight excluding hydrogens is 270 g/mol. The molecule has 0 bridgehead atoms. The molecule has 3 N–H and O–H groups in total. The van der Waals surface area contributed by atoms with E-state index >= 15 is 0 Å². The second-order valence-corrected chi connectivity index (χ2v) is 7.15. The summed E-state index contributed by atoms with van der Waals surface area (Å²) in [5, 5.41) is 3.81. The van der Waals surface area contributed by atoms with Crippen molar-refractivity contribution in [3.63, 3.8) is 0 Å². The monoisotopic (exact) mass is 293 g/mol. The first-order valence-electron chi connectivity index (χ1n) is 7.77. The Labute approximate surface area is 124 Å². The second-order valence-electron chi connectivity index (χ2n) is 6.06. The van der Waals surface area contributed by atoms with Gasteiger partial charge < -0.3 is 11.1 Å². The number of carbonyl (C=O) groups excluding carboxylic acids is 1. The Kier molecular flexibility index (Phi) is 4.36. The smallest absolute Gasteiger partial charge is 0.229 e. The van der Waals surface area contributed by atoms with Gasteiger partial charge in [0.2, 0.25) is 5.91 Å². The van der Waals surface area contributed by atoms with Crippen molar-refractivity contribution >= 4 is 22.4 Å². The van der Waals surface area contributed by atoms with Crippen LogP contribution in [0.4, 0.5) is 5.13 Å². The zero-order valence-corrected chi connectivity index (χ0v) is 12.7. The van der Waals surface area contributed by atoms with Crippen LogP contribution in [0.25, 0.3) is 0 Å². The molecule has 2 atom stereocenters. The van der Waals surface area contributed by atoms with Crippen molar-refractivity contribution < 1.29 is 4.79 Å². The minimum atomic E-state index is 0.0801. The lowest BCUT2D eigenvalue weighted by Crippen LogP contribution is -2.23. The SMILES string of the molecule is NC1CCC(C(=O)Nc2nc3c(s2)CCCCCC3)C1. The van der Waals surface area contributed by atoms with Crippen molar-refractivity contribution in [2.75, 3.05) is 5.32 Å². The largest absolute Gasteiger partial charge is 0.328 e. The summed E-state index contributed by atoms with van der Waals surface area (Å²) in [6.07, 6.45) is 9.98. The third kappa shape index (κ3) is 3.20. The van der Waals surface area contributed by atoms with E-state index in [4.69, 9.17) is 5.73 Å². The van der Waals surface area contributed by atoms with Gasteiger partial charge >= 0.3 is 0 Å². The molecule has 0 aromatic carbocycles. The third-order valence-corrected chi connectivity index (χ3v) is 5.49. The van der Waals surface area contributed by atoms with E-state index in [2.05, 4.69) is 10.3 Å². The highest BCUT2D eigenvalue weighted by atomic mass is 32.1. The Bertz CT molecular complexity index is 460. The van der Waals surface area contributed by atoms with Crippen LogP contribution in [-0.4, -0.2) is 16.9 Å². The van der Waals surface area contributed by atoms with Gasteiger partial charge in [0.05, 0.1) is 5.69 Å². The summed E-state index contributed by atoms with van der Waals surface area (Å²) < 4.78 is 0. The molecule has 2 aliphatic rings. The van der Waals surface area contributed by atoms with Gasteiger partial charge in [-0.2, -0.15) is 0 Å². The molecule has 1 aromatic rings. The van der Waals surface area contributed by atoms with Crippen LogP contribution in [0.1, 0.15) is 55.5 Å². The van der Waals surface area contributed by atoms with Gasteiger partial charge in [0.25, 0.3) is 0 Å². The van der Waals surface area contributed by atoms with Crippen molar-refractivity contribution in [3.05, 3.63) is 10.6 Å². The number of aromatic nitrogens is 1.